The molecule has 0 heterocycles. The number of hydrogen-bond acceptors (Lipinski definition) is 5. The second-order valence-corrected chi connectivity index (χ2v) is 2.02. The molecular formula is C7H5NO4S. The smallest absolute Gasteiger partial charge is 0.258 e. The maximum Gasteiger partial charge on any atom is 0.283 e. The van der Waals surface area contributed by atoms with Crippen molar-refractivity contribution in [3.8, 4) is 0 Å². The first-order valence-corrected chi connectivity index (χ1v) is 3.51. The summed E-state index contributed by atoms with van der Waals surface area (Å²) in [5.74, 6) is 1.54. The van der Waals surface area contributed by atoms with Crippen LogP contribution in [0.25, 0.3) is 0 Å². The third-order valence-corrected chi connectivity index (χ3v) is 1.34. The van der Waals surface area contributed by atoms with Crippen molar-refractivity contribution in [2.75, 3.05) is 0 Å². The summed E-state index contributed by atoms with van der Waals surface area (Å²) < 4.78 is 7.83. The second-order valence-electron chi connectivity index (χ2n) is 2.02. The van der Waals surface area contributed by atoms with Gasteiger partial charge in [-0.15, -0.1) is 0 Å². The maximum atomic E-state index is 10.2. The average Bonchev–Trinajstić information content (AvgIpc) is 2.20. The molecule has 13 heavy (non-hydrogen) atoms. The number of carbonyl (C=O) groups excluding carboxylic acids is 1. The van der Waals surface area contributed by atoms with Gasteiger partial charge in [-0.25, -0.2) is 4.79 Å². The van der Waals surface area contributed by atoms with Crippen molar-refractivity contribution in [2.45, 2.75) is 6.42 Å². The predicted molar refractivity (Wildman–Crippen MR) is 46.2 cm³/mol. The van der Waals surface area contributed by atoms with Crippen LogP contribution in [0.4, 0.5) is 0 Å². The van der Waals surface area contributed by atoms with E-state index in [1.54, 1.807) is 18.1 Å². The quantitative estimate of drug-likeness (QED) is 0.349. The van der Waals surface area contributed by atoms with Crippen molar-refractivity contribution in [2.24, 2.45) is 0 Å². The summed E-state index contributed by atoms with van der Waals surface area (Å²) >= 11 is 2.83. The van der Waals surface area contributed by atoms with E-state index in [1.807, 2.05) is 0 Å². The van der Waals surface area contributed by atoms with Gasteiger partial charge in [-0.05, 0) is 0 Å². The molecule has 5 nitrogen and oxygen atoms in total. The second kappa shape index (κ2) is 5.93. The highest BCUT2D eigenvalue weighted by molar-refractivity contribution is 7.44. The van der Waals surface area contributed by atoms with Gasteiger partial charge >= 0.3 is 0 Å². The molecule has 0 aromatic carbocycles. The lowest BCUT2D eigenvalue weighted by atomic mass is 10.1. The first-order valence-electron chi connectivity index (χ1n) is 3.18. The molecule has 0 saturated carbocycles. The number of allylic oxidation sites excluding steroid dienone is 4. The summed E-state index contributed by atoms with van der Waals surface area (Å²) in [6, 6.07) is 0. The third-order valence-electron chi connectivity index (χ3n) is 1.34. The molecule has 0 amide bonds. The van der Waals surface area contributed by atoms with Crippen LogP contribution in [0.5, 0.6) is 0 Å². The molecule has 0 atom stereocenters. The van der Waals surface area contributed by atoms with Crippen LogP contribution in [0.3, 0.4) is 0 Å². The van der Waals surface area contributed by atoms with Crippen LogP contribution in [0, 0.1) is 10.1 Å². The maximum absolute atomic E-state index is 10.2. The number of nitrogens with zero attached hydrogens (tertiary/aromatic N) is 1. The van der Waals surface area contributed by atoms with E-state index in [9.17, 15) is 14.9 Å². The minimum Gasteiger partial charge on any atom is -0.258 e. The summed E-state index contributed by atoms with van der Waals surface area (Å²) in [4.78, 5) is 19.8. The number of rotatable bonds is 1. The van der Waals surface area contributed by atoms with Crippen LogP contribution < -0.4 is 0 Å². The molecule has 0 spiro atoms. The van der Waals surface area contributed by atoms with E-state index < -0.39 is 4.92 Å². The Morgan fingerprint density at radius 1 is 1.54 bits per heavy atom. The SMILES string of the molecule is O=C=C1CC=CC=C1[N+](=O)[O-].O=S. The summed E-state index contributed by atoms with van der Waals surface area (Å²) in [5.41, 5.74) is -0.0417. The molecule has 0 fully saturated rings. The van der Waals surface area contributed by atoms with Gasteiger partial charge in [0.05, 0.1) is 4.92 Å². The Morgan fingerprint density at radius 2 is 2.15 bits per heavy atom. The summed E-state index contributed by atoms with van der Waals surface area (Å²) in [6.45, 7) is 0. The van der Waals surface area contributed by atoms with Crippen molar-refractivity contribution in [1.82, 2.24) is 0 Å². The van der Waals surface area contributed by atoms with Gasteiger partial charge in [0.1, 0.15) is 11.5 Å². The first-order chi connectivity index (χ1) is 6.25. The van der Waals surface area contributed by atoms with E-state index >= 15 is 0 Å². The van der Waals surface area contributed by atoms with Crippen LogP contribution in [-0.4, -0.2) is 15.1 Å². The number of hydrogen-bond donors (Lipinski definition) is 0. The Labute approximate surface area is 79.1 Å². The minimum atomic E-state index is -0.580. The topological polar surface area (TPSA) is 77.3 Å². The van der Waals surface area contributed by atoms with Crippen molar-refractivity contribution in [1.29, 1.82) is 0 Å². The fourth-order valence-electron chi connectivity index (χ4n) is 0.815. The van der Waals surface area contributed by atoms with Crippen LogP contribution in [0.15, 0.2) is 29.5 Å². The van der Waals surface area contributed by atoms with Crippen LogP contribution in [-0.2, 0) is 17.3 Å². The van der Waals surface area contributed by atoms with Crippen molar-refractivity contribution >= 4 is 18.5 Å². The van der Waals surface area contributed by atoms with E-state index in [4.69, 9.17) is 4.21 Å². The molecule has 0 unspecified atom stereocenters. The van der Waals surface area contributed by atoms with Crippen LogP contribution in [0.1, 0.15) is 6.42 Å². The number of nitro groups is 1. The molecule has 1 rings (SSSR count). The molecule has 1 aliphatic carbocycles. The highest BCUT2D eigenvalue weighted by Gasteiger charge is 2.18. The molecule has 0 aromatic rings. The Balaban J connectivity index is 0.000000671. The fourth-order valence-corrected chi connectivity index (χ4v) is 0.815. The third kappa shape index (κ3) is 3.06. The lowest BCUT2D eigenvalue weighted by Crippen LogP contribution is -2.04. The molecule has 0 radical (unpaired) electrons. The van der Waals surface area contributed by atoms with E-state index in [0.29, 0.717) is 6.42 Å². The molecule has 1 aliphatic rings. The van der Waals surface area contributed by atoms with Gasteiger partial charge in [-0.2, -0.15) is 4.21 Å². The van der Waals surface area contributed by atoms with Gasteiger partial charge in [0, 0.05) is 12.5 Å². The Bertz CT molecular complexity index is 314. The van der Waals surface area contributed by atoms with Crippen molar-refractivity contribution in [3.05, 3.63) is 39.6 Å². The molecule has 0 N–H and O–H groups in total. The van der Waals surface area contributed by atoms with Crippen molar-refractivity contribution in [3.63, 3.8) is 0 Å². The van der Waals surface area contributed by atoms with E-state index in [-0.39, 0.29) is 11.3 Å². The zero-order valence-electron chi connectivity index (χ0n) is 6.43. The zero-order valence-corrected chi connectivity index (χ0v) is 7.24. The Kier molecular flexibility index (Phi) is 5.18. The first kappa shape index (κ1) is 11.4. The molecule has 68 valence electrons. The van der Waals surface area contributed by atoms with E-state index in [2.05, 4.69) is 12.5 Å². The zero-order chi connectivity index (χ0) is 10.3. The monoisotopic (exact) mass is 199 g/mol. The van der Waals surface area contributed by atoms with Gasteiger partial charge in [-0.1, -0.05) is 12.2 Å². The highest BCUT2D eigenvalue weighted by atomic mass is 32.1. The Morgan fingerprint density at radius 3 is 2.54 bits per heavy atom. The molecule has 0 aliphatic heterocycles. The summed E-state index contributed by atoms with van der Waals surface area (Å²) in [6.07, 6.45) is 4.83. The largest absolute Gasteiger partial charge is 0.283 e. The van der Waals surface area contributed by atoms with Crippen LogP contribution >= 0.6 is 0 Å². The fraction of sp³-hybridized carbons (Fsp3) is 0.143. The summed E-state index contributed by atoms with van der Waals surface area (Å²) in [5, 5.41) is 10.2. The molecule has 6 heteroatoms. The lowest BCUT2D eigenvalue weighted by molar-refractivity contribution is -0.420. The van der Waals surface area contributed by atoms with Gasteiger partial charge < -0.3 is 0 Å². The summed E-state index contributed by atoms with van der Waals surface area (Å²) in [7, 11) is 0. The van der Waals surface area contributed by atoms with Gasteiger partial charge in [0.25, 0.3) is 5.70 Å². The average molecular weight is 199 g/mol. The van der Waals surface area contributed by atoms with Gasteiger partial charge in [-0.3, -0.25) is 10.1 Å². The van der Waals surface area contributed by atoms with Crippen LogP contribution in [0.2, 0.25) is 0 Å². The molecule has 0 bridgehead atoms. The lowest BCUT2D eigenvalue weighted by Gasteiger charge is -1.99. The van der Waals surface area contributed by atoms with Crippen molar-refractivity contribution < 1.29 is 13.9 Å². The molecule has 0 saturated heterocycles. The highest BCUT2D eigenvalue weighted by Crippen LogP contribution is 2.16. The standard InChI is InChI=1S/C7H5NO3.OS/c9-5-6-3-1-2-4-7(6)8(10)11;1-2/h1-2,4H,3H2;. The van der Waals surface area contributed by atoms with Gasteiger partial charge in [0.15, 0.2) is 12.5 Å². The molecular weight excluding hydrogens is 194 g/mol. The van der Waals surface area contributed by atoms with E-state index in [0.717, 1.165) is 0 Å². The van der Waals surface area contributed by atoms with E-state index in [1.165, 1.54) is 6.08 Å². The molecule has 0 aromatic heterocycles. The minimum absolute atomic E-state index is 0.109. The normalized spacial score (nSPS) is 13.5. The Hall–Kier alpha value is -1.65. The predicted octanol–water partition coefficient (Wildman–Crippen LogP) is 0.529. The van der Waals surface area contributed by atoms with Gasteiger partial charge in [0.2, 0.25) is 0 Å².